The molecule has 0 aromatic carbocycles. The van der Waals surface area contributed by atoms with E-state index in [0.717, 1.165) is 18.7 Å². The summed E-state index contributed by atoms with van der Waals surface area (Å²) in [4.78, 5) is 18.3. The van der Waals surface area contributed by atoms with Gasteiger partial charge in [-0.25, -0.2) is 0 Å². The van der Waals surface area contributed by atoms with Gasteiger partial charge in [-0.05, 0) is 19.1 Å². The van der Waals surface area contributed by atoms with Gasteiger partial charge in [-0.3, -0.25) is 9.78 Å². The topological polar surface area (TPSA) is 71.3 Å². The molecule has 0 radical (unpaired) electrons. The number of nitrogens with one attached hydrogen (secondary N) is 1. The first-order valence-electron chi connectivity index (χ1n) is 6.64. The van der Waals surface area contributed by atoms with Crippen molar-refractivity contribution in [3.05, 3.63) is 36.3 Å². The molecule has 1 aliphatic rings. The molecule has 2 aromatic heterocycles. The van der Waals surface area contributed by atoms with Crippen molar-refractivity contribution in [1.29, 1.82) is 0 Å². The lowest BCUT2D eigenvalue weighted by Crippen LogP contribution is -2.52. The van der Waals surface area contributed by atoms with E-state index in [1.807, 2.05) is 24.0 Å². The largest absolute Gasteiger partial charge is 0.355 e. The summed E-state index contributed by atoms with van der Waals surface area (Å²) in [6.45, 7) is 4.32. The van der Waals surface area contributed by atoms with Gasteiger partial charge in [0.25, 0.3) is 5.91 Å². The molecule has 0 spiro atoms. The third-order valence-corrected chi connectivity index (χ3v) is 3.44. The van der Waals surface area contributed by atoms with Gasteiger partial charge >= 0.3 is 0 Å². The summed E-state index contributed by atoms with van der Waals surface area (Å²) in [5.41, 5.74) is 1.16. The molecule has 3 heterocycles. The van der Waals surface area contributed by atoms with E-state index in [0.29, 0.717) is 18.0 Å². The highest BCUT2D eigenvalue weighted by Crippen LogP contribution is 2.20. The summed E-state index contributed by atoms with van der Waals surface area (Å²) in [6.07, 6.45) is 3.37. The van der Waals surface area contributed by atoms with Crippen molar-refractivity contribution < 1.29 is 9.32 Å². The molecule has 104 valence electrons. The number of rotatable bonds is 2. The minimum absolute atomic E-state index is 0.0853. The molecule has 2 aromatic rings. The Morgan fingerprint density at radius 1 is 1.55 bits per heavy atom. The van der Waals surface area contributed by atoms with E-state index in [-0.39, 0.29) is 11.9 Å². The molecule has 6 nitrogen and oxygen atoms in total. The quantitative estimate of drug-likeness (QED) is 0.888. The first-order valence-corrected chi connectivity index (χ1v) is 6.64. The van der Waals surface area contributed by atoms with Crippen LogP contribution in [0.2, 0.25) is 0 Å². The van der Waals surface area contributed by atoms with Crippen molar-refractivity contribution in [2.75, 3.05) is 19.6 Å². The van der Waals surface area contributed by atoms with Crippen molar-refractivity contribution in [3.63, 3.8) is 0 Å². The molecule has 1 N–H and O–H groups in total. The fourth-order valence-electron chi connectivity index (χ4n) is 2.31. The lowest BCUT2D eigenvalue weighted by molar-refractivity contribution is 0.0645. The molecule has 1 saturated heterocycles. The summed E-state index contributed by atoms with van der Waals surface area (Å²) in [5, 5.41) is 7.14. The van der Waals surface area contributed by atoms with Gasteiger partial charge in [0.05, 0.1) is 0 Å². The van der Waals surface area contributed by atoms with Gasteiger partial charge < -0.3 is 14.7 Å². The molecule has 1 amide bonds. The molecule has 1 atom stereocenters. The highest BCUT2D eigenvalue weighted by Gasteiger charge is 2.26. The number of carbonyl (C=O) groups excluding carboxylic acids is 1. The lowest BCUT2D eigenvalue weighted by atomic mass is 10.2. The standard InChI is InChI=1S/C14H16N4O2/c1-10-8-16-5-6-18(10)14(19)12-7-13(20-17-12)11-3-2-4-15-9-11/h2-4,7,9-10,16H,5-6,8H2,1H3. The van der Waals surface area contributed by atoms with Gasteiger partial charge in [0.2, 0.25) is 0 Å². The molecule has 1 unspecified atom stereocenters. The van der Waals surface area contributed by atoms with Crippen LogP contribution in [0, 0.1) is 0 Å². The van der Waals surface area contributed by atoms with Crippen molar-refractivity contribution in [2.24, 2.45) is 0 Å². The Bertz CT molecular complexity index is 596. The van der Waals surface area contributed by atoms with Crippen LogP contribution in [0.3, 0.4) is 0 Å². The predicted molar refractivity (Wildman–Crippen MR) is 73.1 cm³/mol. The highest BCUT2D eigenvalue weighted by atomic mass is 16.5. The maximum absolute atomic E-state index is 12.4. The first kappa shape index (κ1) is 12.8. The van der Waals surface area contributed by atoms with E-state index < -0.39 is 0 Å². The van der Waals surface area contributed by atoms with Crippen LogP contribution < -0.4 is 5.32 Å². The van der Waals surface area contributed by atoms with Crippen LogP contribution >= 0.6 is 0 Å². The van der Waals surface area contributed by atoms with Crippen LogP contribution in [0.15, 0.2) is 35.1 Å². The minimum Gasteiger partial charge on any atom is -0.355 e. The summed E-state index contributed by atoms with van der Waals surface area (Å²) in [5.74, 6) is 0.474. The second-order valence-corrected chi connectivity index (χ2v) is 4.87. The Labute approximate surface area is 116 Å². The number of piperazine rings is 1. The Kier molecular flexibility index (Phi) is 3.47. The number of amides is 1. The number of nitrogens with zero attached hydrogens (tertiary/aromatic N) is 3. The molecule has 0 aliphatic carbocycles. The van der Waals surface area contributed by atoms with Crippen molar-refractivity contribution >= 4 is 5.91 Å². The Balaban J connectivity index is 1.81. The second-order valence-electron chi connectivity index (χ2n) is 4.87. The van der Waals surface area contributed by atoms with Crippen LogP contribution in [0.4, 0.5) is 0 Å². The first-order chi connectivity index (χ1) is 9.75. The number of carbonyl (C=O) groups is 1. The van der Waals surface area contributed by atoms with Crippen LogP contribution in [0.1, 0.15) is 17.4 Å². The van der Waals surface area contributed by atoms with Gasteiger partial charge in [0.15, 0.2) is 11.5 Å². The van der Waals surface area contributed by atoms with E-state index >= 15 is 0 Å². The average Bonchev–Trinajstić information content (AvgIpc) is 2.98. The van der Waals surface area contributed by atoms with Gasteiger partial charge in [-0.2, -0.15) is 0 Å². The molecule has 1 fully saturated rings. The Morgan fingerprint density at radius 3 is 3.20 bits per heavy atom. The number of hydrogen-bond acceptors (Lipinski definition) is 5. The zero-order chi connectivity index (χ0) is 13.9. The summed E-state index contributed by atoms with van der Waals surface area (Å²) < 4.78 is 5.24. The van der Waals surface area contributed by atoms with Crippen molar-refractivity contribution in [1.82, 2.24) is 20.4 Å². The predicted octanol–water partition coefficient (Wildman–Crippen LogP) is 1.17. The van der Waals surface area contributed by atoms with Gasteiger partial charge in [0, 0.05) is 49.7 Å². The summed E-state index contributed by atoms with van der Waals surface area (Å²) in [6, 6.07) is 5.52. The normalized spacial score (nSPS) is 19.1. The van der Waals surface area contributed by atoms with Gasteiger partial charge in [-0.15, -0.1) is 0 Å². The van der Waals surface area contributed by atoms with Crippen molar-refractivity contribution in [2.45, 2.75) is 13.0 Å². The maximum atomic E-state index is 12.4. The van der Waals surface area contributed by atoms with Crippen LogP contribution in [-0.2, 0) is 0 Å². The van der Waals surface area contributed by atoms with Gasteiger partial charge in [-0.1, -0.05) is 5.16 Å². The van der Waals surface area contributed by atoms with E-state index in [1.54, 1.807) is 18.5 Å². The Hall–Kier alpha value is -2.21. The fourth-order valence-corrected chi connectivity index (χ4v) is 2.31. The van der Waals surface area contributed by atoms with E-state index in [9.17, 15) is 4.79 Å². The number of hydrogen-bond donors (Lipinski definition) is 1. The van der Waals surface area contributed by atoms with E-state index in [1.165, 1.54) is 0 Å². The number of pyridine rings is 1. The Morgan fingerprint density at radius 2 is 2.45 bits per heavy atom. The zero-order valence-corrected chi connectivity index (χ0v) is 11.2. The maximum Gasteiger partial charge on any atom is 0.276 e. The molecule has 3 rings (SSSR count). The fraction of sp³-hybridized carbons (Fsp3) is 0.357. The SMILES string of the molecule is CC1CNCCN1C(=O)c1cc(-c2cccnc2)on1. The van der Waals surface area contributed by atoms with Crippen LogP contribution in [0.5, 0.6) is 0 Å². The molecular formula is C14H16N4O2. The molecule has 0 bridgehead atoms. The van der Waals surface area contributed by atoms with Crippen LogP contribution in [-0.4, -0.2) is 46.6 Å². The smallest absolute Gasteiger partial charge is 0.276 e. The third kappa shape index (κ3) is 2.42. The highest BCUT2D eigenvalue weighted by molar-refractivity contribution is 5.93. The summed E-state index contributed by atoms with van der Waals surface area (Å²) in [7, 11) is 0. The molecule has 1 aliphatic heterocycles. The third-order valence-electron chi connectivity index (χ3n) is 3.44. The van der Waals surface area contributed by atoms with E-state index in [2.05, 4.69) is 15.5 Å². The average molecular weight is 272 g/mol. The van der Waals surface area contributed by atoms with Crippen LogP contribution in [0.25, 0.3) is 11.3 Å². The second kappa shape index (κ2) is 5.42. The zero-order valence-electron chi connectivity index (χ0n) is 11.2. The number of aromatic nitrogens is 2. The molecular weight excluding hydrogens is 256 g/mol. The molecule has 6 heteroatoms. The van der Waals surface area contributed by atoms with Gasteiger partial charge in [0.1, 0.15) is 0 Å². The molecule has 0 saturated carbocycles. The minimum atomic E-state index is -0.0853. The lowest BCUT2D eigenvalue weighted by Gasteiger charge is -2.33. The van der Waals surface area contributed by atoms with E-state index in [4.69, 9.17) is 4.52 Å². The monoisotopic (exact) mass is 272 g/mol. The van der Waals surface area contributed by atoms with Crippen molar-refractivity contribution in [3.8, 4) is 11.3 Å². The summed E-state index contributed by atoms with van der Waals surface area (Å²) >= 11 is 0. The molecule has 20 heavy (non-hydrogen) atoms.